The van der Waals surface area contributed by atoms with Crippen molar-refractivity contribution in [1.82, 2.24) is 16.3 Å². The van der Waals surface area contributed by atoms with Crippen LogP contribution in [0.1, 0.15) is 0 Å². The Morgan fingerprint density at radius 1 is 1.33 bits per heavy atom. The van der Waals surface area contributed by atoms with E-state index in [0.29, 0.717) is 5.84 Å². The van der Waals surface area contributed by atoms with E-state index in [1.807, 2.05) is 0 Å². The summed E-state index contributed by atoms with van der Waals surface area (Å²) < 4.78 is 0. The van der Waals surface area contributed by atoms with Crippen LogP contribution in [0.2, 0.25) is 0 Å². The number of aliphatic imine (C=N–C) groups is 2. The zero-order valence-electron chi connectivity index (χ0n) is 6.23. The third-order valence-electron chi connectivity index (χ3n) is 1.40. The molecule has 1 unspecified atom stereocenters. The molecule has 0 saturated carbocycles. The first-order chi connectivity index (χ1) is 5.97. The van der Waals surface area contributed by atoms with Crippen LogP contribution in [-0.2, 0) is 0 Å². The molecular weight excluding hydrogens is 156 g/mol. The number of hydrogen-bond donors (Lipinski definition) is 3. The summed E-state index contributed by atoms with van der Waals surface area (Å²) in [5.74, 6) is 0.700. The van der Waals surface area contributed by atoms with Gasteiger partial charge in [0.25, 0.3) is 0 Å². The maximum atomic E-state index is 4.10. The molecule has 2 aliphatic rings. The largest absolute Gasteiger partial charge is 0.306 e. The minimum absolute atomic E-state index is 0.215. The third kappa shape index (κ3) is 1.26. The van der Waals surface area contributed by atoms with E-state index in [0.717, 1.165) is 0 Å². The minimum Gasteiger partial charge on any atom is -0.306 e. The predicted molar refractivity (Wildman–Crippen MR) is 46.8 cm³/mol. The summed E-state index contributed by atoms with van der Waals surface area (Å²) in [7, 11) is 0. The first kappa shape index (κ1) is 6.84. The highest BCUT2D eigenvalue weighted by Gasteiger charge is 2.14. The average molecular weight is 164 g/mol. The second-order valence-corrected chi connectivity index (χ2v) is 2.21. The van der Waals surface area contributed by atoms with E-state index in [4.69, 9.17) is 0 Å². The number of hydrogen-bond acceptors (Lipinski definition) is 6. The van der Waals surface area contributed by atoms with Crippen LogP contribution in [0.15, 0.2) is 27.5 Å². The quantitative estimate of drug-likeness (QED) is 0.463. The fourth-order valence-electron chi connectivity index (χ4n) is 0.878. The predicted octanol–water partition coefficient (Wildman–Crippen LogP) is -1.05. The Morgan fingerprint density at radius 3 is 3.00 bits per heavy atom. The molecule has 0 radical (unpaired) electrons. The van der Waals surface area contributed by atoms with E-state index in [9.17, 15) is 0 Å². The van der Waals surface area contributed by atoms with Crippen LogP contribution in [0.3, 0.4) is 0 Å². The van der Waals surface area contributed by atoms with E-state index in [1.54, 1.807) is 24.8 Å². The Hall–Kier alpha value is -1.85. The molecule has 0 amide bonds. The molecule has 1 atom stereocenters. The van der Waals surface area contributed by atoms with Crippen LogP contribution in [-0.4, -0.2) is 24.4 Å². The highest BCUT2D eigenvalue weighted by atomic mass is 15.4. The highest BCUT2D eigenvalue weighted by Crippen LogP contribution is 1.93. The maximum Gasteiger partial charge on any atom is 0.193 e. The topological polar surface area (TPSA) is 73.2 Å². The average Bonchev–Trinajstić information content (AvgIpc) is 2.21. The van der Waals surface area contributed by atoms with Crippen LogP contribution < -0.4 is 16.3 Å². The van der Waals surface area contributed by atoms with E-state index < -0.39 is 0 Å². The Kier molecular flexibility index (Phi) is 1.73. The Balaban J connectivity index is 2.09. The van der Waals surface area contributed by atoms with Gasteiger partial charge in [0.15, 0.2) is 12.0 Å². The summed E-state index contributed by atoms with van der Waals surface area (Å²) in [5, 5.41) is 3.84. The maximum absolute atomic E-state index is 4.10. The Morgan fingerprint density at radius 2 is 2.33 bits per heavy atom. The summed E-state index contributed by atoms with van der Waals surface area (Å²) in [6, 6.07) is 0. The molecule has 62 valence electrons. The molecule has 6 heteroatoms. The van der Waals surface area contributed by atoms with Crippen molar-refractivity contribution in [2.45, 2.75) is 6.17 Å². The number of amidine groups is 1. The lowest BCUT2D eigenvalue weighted by Gasteiger charge is -2.19. The molecule has 3 N–H and O–H groups in total. The second kappa shape index (κ2) is 3.04. The van der Waals surface area contributed by atoms with Crippen molar-refractivity contribution < 1.29 is 0 Å². The number of hydrazine groups is 1. The fourth-order valence-corrected chi connectivity index (χ4v) is 0.878. The lowest BCUT2D eigenvalue weighted by atomic mass is 10.4. The van der Waals surface area contributed by atoms with Gasteiger partial charge < -0.3 is 5.43 Å². The van der Waals surface area contributed by atoms with Crippen LogP contribution in [0.25, 0.3) is 0 Å². The van der Waals surface area contributed by atoms with Gasteiger partial charge in [0.05, 0.1) is 6.21 Å². The molecule has 2 aliphatic heterocycles. The van der Waals surface area contributed by atoms with Gasteiger partial charge in [-0.25, -0.2) is 4.99 Å². The van der Waals surface area contributed by atoms with Crippen LogP contribution in [0, 0.1) is 0 Å². The molecule has 0 aromatic heterocycles. The molecule has 0 spiro atoms. The SMILES string of the molecule is C1=CNNC(C2N=CC=NN2)=N1. The van der Waals surface area contributed by atoms with Crippen molar-refractivity contribution in [3.8, 4) is 0 Å². The summed E-state index contributed by atoms with van der Waals surface area (Å²) in [4.78, 5) is 8.17. The van der Waals surface area contributed by atoms with Gasteiger partial charge in [-0.05, 0) is 0 Å². The fraction of sp³-hybridized carbons (Fsp3) is 0.167. The number of rotatable bonds is 1. The highest BCUT2D eigenvalue weighted by molar-refractivity contribution is 6.17. The summed E-state index contributed by atoms with van der Waals surface area (Å²) >= 11 is 0. The van der Waals surface area contributed by atoms with Crippen molar-refractivity contribution in [1.29, 1.82) is 0 Å². The van der Waals surface area contributed by atoms with E-state index >= 15 is 0 Å². The molecule has 0 aromatic rings. The monoisotopic (exact) mass is 164 g/mol. The van der Waals surface area contributed by atoms with E-state index in [-0.39, 0.29) is 6.17 Å². The van der Waals surface area contributed by atoms with Gasteiger partial charge in [0.2, 0.25) is 0 Å². The number of nitrogens with one attached hydrogen (secondary N) is 3. The molecule has 0 saturated heterocycles. The molecule has 6 nitrogen and oxygen atoms in total. The van der Waals surface area contributed by atoms with Gasteiger partial charge in [-0.3, -0.25) is 15.8 Å². The number of hydrazone groups is 1. The summed E-state index contributed by atoms with van der Waals surface area (Å²) in [5.41, 5.74) is 8.45. The van der Waals surface area contributed by atoms with E-state index in [1.165, 1.54) is 0 Å². The van der Waals surface area contributed by atoms with Gasteiger partial charge in [-0.15, -0.1) is 0 Å². The van der Waals surface area contributed by atoms with Crippen LogP contribution in [0.5, 0.6) is 0 Å². The summed E-state index contributed by atoms with van der Waals surface area (Å²) in [6.07, 6.45) is 6.35. The molecule has 0 aromatic carbocycles. The lowest BCUT2D eigenvalue weighted by Crippen LogP contribution is -2.47. The van der Waals surface area contributed by atoms with Gasteiger partial charge in [0.1, 0.15) is 0 Å². The summed E-state index contributed by atoms with van der Waals surface area (Å²) in [6.45, 7) is 0. The molecule has 2 rings (SSSR count). The van der Waals surface area contributed by atoms with Gasteiger partial charge in [0, 0.05) is 18.6 Å². The van der Waals surface area contributed by atoms with Crippen molar-refractivity contribution in [2.24, 2.45) is 15.1 Å². The van der Waals surface area contributed by atoms with Crippen LogP contribution in [0.4, 0.5) is 0 Å². The molecule has 12 heavy (non-hydrogen) atoms. The van der Waals surface area contributed by atoms with E-state index in [2.05, 4.69) is 31.4 Å². The molecule has 0 fully saturated rings. The van der Waals surface area contributed by atoms with Crippen molar-refractivity contribution in [2.75, 3.05) is 0 Å². The molecule has 0 bridgehead atoms. The van der Waals surface area contributed by atoms with Gasteiger partial charge in [-0.2, -0.15) is 5.10 Å². The first-order valence-electron chi connectivity index (χ1n) is 3.51. The minimum atomic E-state index is -0.215. The van der Waals surface area contributed by atoms with Crippen molar-refractivity contribution in [3.05, 3.63) is 12.4 Å². The standard InChI is InChI=1S/C6H8N6/c1-3-9-11-5(7-1)6-8-2-4-10-12-6/h1-5,10-11H,(H,8,12). The molecule has 0 aliphatic carbocycles. The van der Waals surface area contributed by atoms with Gasteiger partial charge >= 0.3 is 0 Å². The molecule has 2 heterocycles. The third-order valence-corrected chi connectivity index (χ3v) is 1.40. The Labute approximate surface area is 69.1 Å². The van der Waals surface area contributed by atoms with Crippen molar-refractivity contribution in [3.63, 3.8) is 0 Å². The Bertz CT molecular complexity index is 276. The lowest BCUT2D eigenvalue weighted by molar-refractivity contribution is 0.636. The van der Waals surface area contributed by atoms with Crippen LogP contribution >= 0.6 is 0 Å². The van der Waals surface area contributed by atoms with Gasteiger partial charge in [-0.1, -0.05) is 0 Å². The zero-order chi connectivity index (χ0) is 8.23. The zero-order valence-corrected chi connectivity index (χ0v) is 6.23. The number of nitrogens with zero attached hydrogens (tertiary/aromatic N) is 3. The van der Waals surface area contributed by atoms with Crippen molar-refractivity contribution >= 4 is 18.3 Å². The first-order valence-corrected chi connectivity index (χ1v) is 3.51. The molecular formula is C6H8N6. The second-order valence-electron chi connectivity index (χ2n) is 2.21. The smallest absolute Gasteiger partial charge is 0.193 e. The normalized spacial score (nSPS) is 25.3.